The van der Waals surface area contributed by atoms with Crippen molar-refractivity contribution in [3.63, 3.8) is 0 Å². The van der Waals surface area contributed by atoms with E-state index in [0.29, 0.717) is 5.82 Å². The summed E-state index contributed by atoms with van der Waals surface area (Å²) in [5.74, 6) is 1.31. The van der Waals surface area contributed by atoms with E-state index in [9.17, 15) is 4.79 Å². The normalized spacial score (nSPS) is 10.4. The number of aromatic nitrogens is 3. The highest BCUT2D eigenvalue weighted by Crippen LogP contribution is 2.19. The number of carbonyl (C=O) groups is 1. The highest BCUT2D eigenvalue weighted by molar-refractivity contribution is 5.82. The summed E-state index contributed by atoms with van der Waals surface area (Å²) >= 11 is 0. The highest BCUT2D eigenvalue weighted by Gasteiger charge is 2.13. The molecular formula is C11H16N6O. The Hall–Kier alpha value is -2.31. The SMILES string of the molecule is CNC(=O)CN(C)c1nc(NC)cn2ccnc12. The van der Waals surface area contributed by atoms with Crippen molar-refractivity contribution in [2.45, 2.75) is 0 Å². The van der Waals surface area contributed by atoms with Crippen LogP contribution in [0.15, 0.2) is 18.6 Å². The van der Waals surface area contributed by atoms with E-state index < -0.39 is 0 Å². The summed E-state index contributed by atoms with van der Waals surface area (Å²) in [6.45, 7) is 0.235. The number of fused-ring (bicyclic) bond motifs is 1. The smallest absolute Gasteiger partial charge is 0.239 e. The van der Waals surface area contributed by atoms with E-state index in [-0.39, 0.29) is 12.5 Å². The van der Waals surface area contributed by atoms with E-state index in [0.717, 1.165) is 11.5 Å². The van der Waals surface area contributed by atoms with Crippen LogP contribution in [0.3, 0.4) is 0 Å². The number of hydrogen-bond donors (Lipinski definition) is 2. The van der Waals surface area contributed by atoms with Crippen molar-refractivity contribution >= 4 is 23.2 Å². The van der Waals surface area contributed by atoms with Gasteiger partial charge in [0.1, 0.15) is 5.82 Å². The third-order valence-electron chi connectivity index (χ3n) is 2.63. The molecule has 2 aromatic heterocycles. The van der Waals surface area contributed by atoms with E-state index >= 15 is 0 Å². The molecule has 0 aliphatic rings. The molecule has 0 aliphatic heterocycles. The first-order chi connectivity index (χ1) is 8.65. The fourth-order valence-electron chi connectivity index (χ4n) is 1.66. The van der Waals surface area contributed by atoms with Gasteiger partial charge in [0.05, 0.1) is 12.7 Å². The molecule has 2 N–H and O–H groups in total. The van der Waals surface area contributed by atoms with Crippen LogP contribution in [-0.4, -0.2) is 48.0 Å². The van der Waals surface area contributed by atoms with Crippen LogP contribution in [0.1, 0.15) is 0 Å². The lowest BCUT2D eigenvalue weighted by molar-refractivity contribution is -0.119. The zero-order valence-corrected chi connectivity index (χ0v) is 10.6. The molecule has 7 heteroatoms. The van der Waals surface area contributed by atoms with E-state index in [4.69, 9.17) is 0 Å². The molecule has 0 aliphatic carbocycles. The van der Waals surface area contributed by atoms with Crippen LogP contribution in [0.2, 0.25) is 0 Å². The maximum atomic E-state index is 11.4. The number of carbonyl (C=O) groups excluding carboxylic acids is 1. The summed E-state index contributed by atoms with van der Waals surface area (Å²) < 4.78 is 1.87. The molecule has 0 saturated carbocycles. The monoisotopic (exact) mass is 248 g/mol. The second-order valence-electron chi connectivity index (χ2n) is 3.89. The molecule has 2 rings (SSSR count). The van der Waals surface area contributed by atoms with Crippen molar-refractivity contribution < 1.29 is 4.79 Å². The van der Waals surface area contributed by atoms with Gasteiger partial charge in [0.15, 0.2) is 11.5 Å². The van der Waals surface area contributed by atoms with Crippen molar-refractivity contribution in [2.24, 2.45) is 0 Å². The molecule has 7 nitrogen and oxygen atoms in total. The summed E-state index contributed by atoms with van der Waals surface area (Å²) in [5, 5.41) is 5.57. The third kappa shape index (κ3) is 2.20. The number of anilines is 2. The molecule has 0 atom stereocenters. The van der Waals surface area contributed by atoms with Gasteiger partial charge in [-0.15, -0.1) is 0 Å². The van der Waals surface area contributed by atoms with Crippen LogP contribution in [0.4, 0.5) is 11.6 Å². The molecule has 18 heavy (non-hydrogen) atoms. The summed E-state index contributed by atoms with van der Waals surface area (Å²) in [4.78, 5) is 21.8. The predicted molar refractivity (Wildman–Crippen MR) is 69.9 cm³/mol. The first-order valence-electron chi connectivity index (χ1n) is 5.59. The van der Waals surface area contributed by atoms with Crippen LogP contribution in [-0.2, 0) is 4.79 Å². The van der Waals surface area contributed by atoms with Crippen molar-refractivity contribution in [3.8, 4) is 0 Å². The Kier molecular flexibility index (Phi) is 3.31. The van der Waals surface area contributed by atoms with E-state index in [1.807, 2.05) is 23.8 Å². The van der Waals surface area contributed by atoms with Crippen LogP contribution >= 0.6 is 0 Å². The van der Waals surface area contributed by atoms with Gasteiger partial charge in [0, 0.05) is 33.5 Å². The van der Waals surface area contributed by atoms with Crippen LogP contribution in [0.25, 0.3) is 5.65 Å². The standard InChI is InChI=1S/C11H16N6O/c1-12-8-6-17-5-4-14-10(17)11(15-8)16(3)7-9(18)13-2/h4-6,12H,7H2,1-3H3,(H,13,18). The molecule has 2 heterocycles. The molecule has 0 unspecified atom stereocenters. The number of nitrogens with zero attached hydrogens (tertiary/aromatic N) is 4. The van der Waals surface area contributed by atoms with Crippen LogP contribution < -0.4 is 15.5 Å². The fourth-order valence-corrected chi connectivity index (χ4v) is 1.66. The summed E-state index contributed by atoms with van der Waals surface area (Å²) in [6, 6.07) is 0. The quantitative estimate of drug-likeness (QED) is 0.793. The highest BCUT2D eigenvalue weighted by atomic mass is 16.1. The average Bonchev–Trinajstić information content (AvgIpc) is 2.85. The number of rotatable bonds is 4. The Balaban J connectivity index is 2.41. The van der Waals surface area contributed by atoms with Crippen molar-refractivity contribution in [1.82, 2.24) is 19.7 Å². The van der Waals surface area contributed by atoms with Gasteiger partial charge in [-0.05, 0) is 0 Å². The summed E-state index contributed by atoms with van der Waals surface area (Å²) in [7, 11) is 5.22. The minimum atomic E-state index is -0.0705. The number of nitrogens with one attached hydrogen (secondary N) is 2. The van der Waals surface area contributed by atoms with Crippen molar-refractivity contribution in [1.29, 1.82) is 0 Å². The van der Waals surface area contributed by atoms with Gasteiger partial charge >= 0.3 is 0 Å². The Bertz CT molecular complexity index is 564. The first-order valence-corrected chi connectivity index (χ1v) is 5.59. The van der Waals surface area contributed by atoms with Gasteiger partial charge in [-0.25, -0.2) is 9.97 Å². The predicted octanol–water partition coefficient (Wildman–Crippen LogP) is -0.0468. The molecule has 0 fully saturated rings. The fraction of sp³-hybridized carbons (Fsp3) is 0.364. The minimum absolute atomic E-state index is 0.0705. The first kappa shape index (κ1) is 12.2. The van der Waals surface area contributed by atoms with Gasteiger partial charge < -0.3 is 19.9 Å². The van der Waals surface area contributed by atoms with Crippen LogP contribution in [0, 0.1) is 0 Å². The van der Waals surface area contributed by atoms with E-state index in [1.54, 1.807) is 25.2 Å². The van der Waals surface area contributed by atoms with Crippen molar-refractivity contribution in [3.05, 3.63) is 18.6 Å². The third-order valence-corrected chi connectivity index (χ3v) is 2.63. The number of imidazole rings is 1. The Morgan fingerprint density at radius 1 is 1.50 bits per heavy atom. The molecule has 0 bridgehead atoms. The number of hydrogen-bond acceptors (Lipinski definition) is 5. The van der Waals surface area contributed by atoms with Gasteiger partial charge in [0.2, 0.25) is 5.91 Å². The van der Waals surface area contributed by atoms with Gasteiger partial charge in [0.25, 0.3) is 0 Å². The molecule has 1 amide bonds. The molecule has 96 valence electrons. The Labute approximate surface area is 105 Å². The molecule has 0 spiro atoms. The van der Waals surface area contributed by atoms with Gasteiger partial charge in [-0.2, -0.15) is 0 Å². The minimum Gasteiger partial charge on any atom is -0.372 e. The van der Waals surface area contributed by atoms with E-state index in [2.05, 4.69) is 20.6 Å². The second-order valence-corrected chi connectivity index (χ2v) is 3.89. The topological polar surface area (TPSA) is 74.6 Å². The molecule has 0 aromatic carbocycles. The second kappa shape index (κ2) is 4.91. The number of likely N-dealkylation sites (N-methyl/N-ethyl adjacent to an activating group) is 2. The molecule has 0 saturated heterocycles. The zero-order valence-electron chi connectivity index (χ0n) is 10.6. The molecule has 2 aromatic rings. The van der Waals surface area contributed by atoms with E-state index in [1.165, 1.54) is 0 Å². The Morgan fingerprint density at radius 3 is 2.94 bits per heavy atom. The van der Waals surface area contributed by atoms with Crippen LogP contribution in [0.5, 0.6) is 0 Å². The van der Waals surface area contributed by atoms with Crippen molar-refractivity contribution in [2.75, 3.05) is 37.9 Å². The lowest BCUT2D eigenvalue weighted by Gasteiger charge is -2.18. The molecule has 0 radical (unpaired) electrons. The zero-order chi connectivity index (χ0) is 13.1. The Morgan fingerprint density at radius 2 is 2.28 bits per heavy atom. The lowest BCUT2D eigenvalue weighted by atomic mass is 10.4. The maximum Gasteiger partial charge on any atom is 0.239 e. The van der Waals surface area contributed by atoms with Gasteiger partial charge in [-0.3, -0.25) is 4.79 Å². The lowest BCUT2D eigenvalue weighted by Crippen LogP contribution is -2.33. The molecular weight excluding hydrogens is 232 g/mol. The average molecular weight is 248 g/mol. The summed E-state index contributed by atoms with van der Waals surface area (Å²) in [5.41, 5.74) is 0.723. The van der Waals surface area contributed by atoms with Gasteiger partial charge in [-0.1, -0.05) is 0 Å². The number of amides is 1. The largest absolute Gasteiger partial charge is 0.372 e. The maximum absolute atomic E-state index is 11.4. The summed E-state index contributed by atoms with van der Waals surface area (Å²) in [6.07, 6.45) is 5.39.